The van der Waals surface area contributed by atoms with Gasteiger partial charge in [0.1, 0.15) is 11.5 Å². The number of esters is 1. The Hall–Kier alpha value is -2.38. The lowest BCUT2D eigenvalue weighted by Gasteiger charge is -2.03. The number of nitrogens with one attached hydrogen (secondary N) is 2. The minimum atomic E-state index is -0.472. The van der Waals surface area contributed by atoms with Crippen LogP contribution in [0.5, 0.6) is 0 Å². The minimum Gasteiger partial charge on any atom is -0.465 e. The van der Waals surface area contributed by atoms with Crippen LogP contribution in [0.1, 0.15) is 21.6 Å². The van der Waals surface area contributed by atoms with E-state index >= 15 is 0 Å². The maximum absolute atomic E-state index is 13.2. The Morgan fingerprint density at radius 2 is 2.16 bits per heavy atom. The van der Waals surface area contributed by atoms with E-state index in [9.17, 15) is 9.18 Å². The number of thiazole rings is 1. The first-order valence-corrected chi connectivity index (χ1v) is 8.62. The number of methoxy groups -OCH3 is 1. The fourth-order valence-electron chi connectivity index (χ4n) is 2.56. The van der Waals surface area contributed by atoms with Crippen LogP contribution >= 0.6 is 22.9 Å². The molecule has 0 saturated heterocycles. The van der Waals surface area contributed by atoms with Crippen LogP contribution in [0.3, 0.4) is 0 Å². The van der Waals surface area contributed by atoms with Crippen molar-refractivity contribution in [1.82, 2.24) is 9.97 Å². The third-order valence-corrected chi connectivity index (χ3v) is 4.81. The van der Waals surface area contributed by atoms with E-state index in [0.29, 0.717) is 22.1 Å². The van der Waals surface area contributed by atoms with Gasteiger partial charge in [-0.2, -0.15) is 0 Å². The van der Waals surface area contributed by atoms with Crippen molar-refractivity contribution in [3.05, 3.63) is 51.2 Å². The summed E-state index contributed by atoms with van der Waals surface area (Å²) in [6.45, 7) is 3.66. The third-order valence-electron chi connectivity index (χ3n) is 3.76. The molecule has 0 bridgehead atoms. The smallest absolute Gasteiger partial charge is 0.339 e. The zero-order chi connectivity index (χ0) is 18.1. The average Bonchev–Trinajstić information content (AvgIpc) is 3.14. The number of benzene rings is 1. The molecule has 0 amide bonds. The van der Waals surface area contributed by atoms with Gasteiger partial charge in [0.05, 0.1) is 23.4 Å². The molecule has 3 aromatic rings. The van der Waals surface area contributed by atoms with Gasteiger partial charge in [0.15, 0.2) is 5.13 Å². The molecule has 0 fully saturated rings. The summed E-state index contributed by atoms with van der Waals surface area (Å²) in [7, 11) is 1.35. The zero-order valence-corrected chi connectivity index (χ0v) is 15.3. The molecule has 3 rings (SSSR count). The first kappa shape index (κ1) is 17.4. The molecule has 0 aliphatic heterocycles. The second kappa shape index (κ2) is 6.85. The second-order valence-electron chi connectivity index (χ2n) is 5.41. The summed E-state index contributed by atoms with van der Waals surface area (Å²) in [6.07, 6.45) is 0. The largest absolute Gasteiger partial charge is 0.465 e. The number of aromatic nitrogens is 2. The fraction of sp³-hybridized carbons (Fsp3) is 0.176. The molecule has 130 valence electrons. The number of anilines is 2. The van der Waals surface area contributed by atoms with E-state index in [0.717, 1.165) is 17.0 Å². The van der Waals surface area contributed by atoms with E-state index in [2.05, 4.69) is 15.3 Å². The van der Waals surface area contributed by atoms with Crippen molar-refractivity contribution in [1.29, 1.82) is 0 Å². The summed E-state index contributed by atoms with van der Waals surface area (Å²) in [6, 6.07) is 4.37. The number of H-pyrrole nitrogens is 1. The van der Waals surface area contributed by atoms with E-state index in [1.54, 1.807) is 6.07 Å². The zero-order valence-electron chi connectivity index (χ0n) is 13.7. The topological polar surface area (TPSA) is 67.0 Å². The molecule has 2 aromatic heterocycles. The predicted molar refractivity (Wildman–Crippen MR) is 97.4 cm³/mol. The normalized spacial score (nSPS) is 10.8. The number of carbonyl (C=O) groups is 1. The van der Waals surface area contributed by atoms with Gasteiger partial charge in [0, 0.05) is 16.8 Å². The van der Waals surface area contributed by atoms with E-state index in [4.69, 9.17) is 16.3 Å². The molecule has 2 N–H and O–H groups in total. The first-order valence-electron chi connectivity index (χ1n) is 7.36. The number of carbonyl (C=O) groups excluding carboxylic acids is 1. The van der Waals surface area contributed by atoms with Gasteiger partial charge in [0.2, 0.25) is 0 Å². The van der Waals surface area contributed by atoms with Gasteiger partial charge in [-0.1, -0.05) is 11.6 Å². The lowest BCUT2D eigenvalue weighted by Crippen LogP contribution is -2.03. The number of nitrogens with zero attached hydrogens (tertiary/aromatic N) is 1. The van der Waals surface area contributed by atoms with Crippen molar-refractivity contribution in [2.75, 3.05) is 12.4 Å². The SMILES string of the molecule is COC(=O)c1c(C)[nH]c(-c2csc(Nc3ccc(F)c(Cl)c3)n2)c1C. The third kappa shape index (κ3) is 3.38. The van der Waals surface area contributed by atoms with Gasteiger partial charge < -0.3 is 15.0 Å². The first-order chi connectivity index (χ1) is 11.9. The van der Waals surface area contributed by atoms with Gasteiger partial charge in [-0.25, -0.2) is 14.2 Å². The number of hydrogen-bond acceptors (Lipinski definition) is 5. The number of halogens is 2. The van der Waals surface area contributed by atoms with Crippen molar-refractivity contribution in [3.63, 3.8) is 0 Å². The predicted octanol–water partition coefficient (Wildman–Crippen LogP) is 5.08. The Morgan fingerprint density at radius 1 is 1.40 bits per heavy atom. The van der Waals surface area contributed by atoms with Crippen LogP contribution in [0.4, 0.5) is 15.2 Å². The molecule has 0 aliphatic carbocycles. The summed E-state index contributed by atoms with van der Waals surface area (Å²) in [5, 5.41) is 5.63. The highest BCUT2D eigenvalue weighted by Crippen LogP contribution is 2.32. The minimum absolute atomic E-state index is 0.0420. The summed E-state index contributed by atoms with van der Waals surface area (Å²) in [4.78, 5) is 19.6. The maximum atomic E-state index is 13.2. The number of rotatable bonds is 4. The molecule has 0 unspecified atom stereocenters. The molecule has 8 heteroatoms. The lowest BCUT2D eigenvalue weighted by atomic mass is 10.1. The van der Waals surface area contributed by atoms with E-state index < -0.39 is 5.82 Å². The van der Waals surface area contributed by atoms with Crippen LogP contribution < -0.4 is 5.32 Å². The highest BCUT2D eigenvalue weighted by molar-refractivity contribution is 7.14. The standard InChI is InChI=1S/C17H15ClFN3O2S/c1-8-14(16(23)24-3)9(2)20-15(8)13-7-25-17(22-13)21-10-4-5-12(19)11(18)6-10/h4-7,20H,1-3H3,(H,21,22). The van der Waals surface area contributed by atoms with Crippen LogP contribution in [0, 0.1) is 19.7 Å². The maximum Gasteiger partial charge on any atom is 0.339 e. The van der Waals surface area contributed by atoms with Crippen LogP contribution in [-0.4, -0.2) is 23.0 Å². The molecular weight excluding hydrogens is 365 g/mol. The molecular formula is C17H15ClFN3O2S. The molecule has 25 heavy (non-hydrogen) atoms. The Balaban J connectivity index is 1.89. The Bertz CT molecular complexity index is 952. The van der Waals surface area contributed by atoms with Crippen molar-refractivity contribution >= 4 is 39.7 Å². The summed E-state index contributed by atoms with van der Waals surface area (Å²) < 4.78 is 18.0. The average molecular weight is 380 g/mol. The van der Waals surface area contributed by atoms with E-state index in [-0.39, 0.29) is 11.0 Å². The van der Waals surface area contributed by atoms with Crippen LogP contribution in [0.15, 0.2) is 23.6 Å². The van der Waals surface area contributed by atoms with Gasteiger partial charge in [0.25, 0.3) is 0 Å². The van der Waals surface area contributed by atoms with Crippen molar-refractivity contribution < 1.29 is 13.9 Å². The highest BCUT2D eigenvalue weighted by atomic mass is 35.5. The molecule has 0 aliphatic rings. The summed E-state index contributed by atoms with van der Waals surface area (Å²) in [5.74, 6) is -0.855. The number of ether oxygens (including phenoxy) is 1. The molecule has 1 aromatic carbocycles. The number of aromatic amines is 1. The number of hydrogen-bond donors (Lipinski definition) is 2. The van der Waals surface area contributed by atoms with Gasteiger partial charge >= 0.3 is 5.97 Å². The molecule has 0 radical (unpaired) electrons. The van der Waals surface area contributed by atoms with Crippen molar-refractivity contribution in [2.24, 2.45) is 0 Å². The van der Waals surface area contributed by atoms with E-state index in [1.807, 2.05) is 19.2 Å². The Kier molecular flexibility index (Phi) is 4.78. The van der Waals surface area contributed by atoms with Gasteiger partial charge in [-0.05, 0) is 37.6 Å². The Labute approximate surface area is 152 Å². The van der Waals surface area contributed by atoms with Crippen LogP contribution in [-0.2, 0) is 4.74 Å². The second-order valence-corrected chi connectivity index (χ2v) is 6.67. The molecule has 0 atom stereocenters. The van der Waals surface area contributed by atoms with Gasteiger partial charge in [-0.3, -0.25) is 0 Å². The molecule has 5 nitrogen and oxygen atoms in total. The van der Waals surface area contributed by atoms with Crippen molar-refractivity contribution in [3.8, 4) is 11.4 Å². The molecule has 2 heterocycles. The van der Waals surface area contributed by atoms with Crippen LogP contribution in [0.25, 0.3) is 11.4 Å². The van der Waals surface area contributed by atoms with Crippen molar-refractivity contribution in [2.45, 2.75) is 13.8 Å². The summed E-state index contributed by atoms with van der Waals surface area (Å²) in [5.41, 5.74) is 4.14. The molecule has 0 spiro atoms. The van der Waals surface area contributed by atoms with E-state index in [1.165, 1.54) is 30.6 Å². The quantitative estimate of drug-likeness (QED) is 0.620. The summed E-state index contributed by atoms with van der Waals surface area (Å²) >= 11 is 7.18. The highest BCUT2D eigenvalue weighted by Gasteiger charge is 2.20. The Morgan fingerprint density at radius 3 is 2.84 bits per heavy atom. The molecule has 0 saturated carbocycles. The van der Waals surface area contributed by atoms with Gasteiger partial charge in [-0.15, -0.1) is 11.3 Å². The lowest BCUT2D eigenvalue weighted by molar-refractivity contribution is 0.0599. The monoisotopic (exact) mass is 379 g/mol. The number of aryl methyl sites for hydroxylation is 1. The van der Waals surface area contributed by atoms with Crippen LogP contribution in [0.2, 0.25) is 5.02 Å². The fourth-order valence-corrected chi connectivity index (χ4v) is 3.46.